The van der Waals surface area contributed by atoms with E-state index >= 15 is 0 Å². The number of hydrogen-bond acceptors (Lipinski definition) is 5. The van der Waals surface area contributed by atoms with E-state index in [1.807, 2.05) is 6.92 Å². The molecule has 6 aliphatic rings. The number of amidine groups is 1. The lowest BCUT2D eigenvalue weighted by atomic mass is 9.53. The zero-order chi connectivity index (χ0) is 19.0. The zero-order valence-corrected chi connectivity index (χ0v) is 16.1. The summed E-state index contributed by atoms with van der Waals surface area (Å²) >= 11 is 0. The predicted molar refractivity (Wildman–Crippen MR) is 101 cm³/mol. The van der Waals surface area contributed by atoms with E-state index in [1.165, 1.54) is 24.2 Å². The highest BCUT2D eigenvalue weighted by Gasteiger charge is 2.52. The minimum atomic E-state index is -0.249. The minimum Gasteiger partial charge on any atom is -0.349 e. The number of amides is 3. The van der Waals surface area contributed by atoms with Gasteiger partial charge in [-0.05, 0) is 63.2 Å². The summed E-state index contributed by atoms with van der Waals surface area (Å²) in [6, 6.07) is -0.249. The Labute approximate surface area is 163 Å². The number of carbonyl (C=O) groups is 2. The molecule has 0 unspecified atom stereocenters. The molecule has 4 fully saturated rings. The van der Waals surface area contributed by atoms with Crippen molar-refractivity contribution in [3.8, 4) is 0 Å². The lowest BCUT2D eigenvalue weighted by molar-refractivity contribution is -0.125. The average molecular weight is 383 g/mol. The molecule has 1 aromatic rings. The molecule has 0 aromatic carbocycles. The maximum atomic E-state index is 13.0. The van der Waals surface area contributed by atoms with Gasteiger partial charge in [-0.25, -0.2) is 4.79 Å². The van der Waals surface area contributed by atoms with Crippen molar-refractivity contribution in [2.45, 2.75) is 51.0 Å². The number of carbonyl (C=O) groups excluding carboxylic acids is 2. The topological polar surface area (TPSA) is 91.0 Å². The van der Waals surface area contributed by atoms with Gasteiger partial charge in [0.2, 0.25) is 11.8 Å². The van der Waals surface area contributed by atoms with Crippen molar-refractivity contribution >= 4 is 23.7 Å². The second-order valence-electron chi connectivity index (χ2n) is 9.42. The number of anilines is 1. The van der Waals surface area contributed by atoms with Gasteiger partial charge in [-0.3, -0.25) is 19.6 Å². The largest absolute Gasteiger partial charge is 0.349 e. The SMILES string of the molecule is Cc1noc2c1C1=NCCN1C(=O)N2CC(=O)NC12CC3CC(CC(C3)C1)C2. The molecular weight excluding hydrogens is 358 g/mol. The molecule has 28 heavy (non-hydrogen) atoms. The molecule has 0 spiro atoms. The third-order valence-electron chi connectivity index (χ3n) is 7.36. The molecule has 148 valence electrons. The molecule has 1 N–H and O–H groups in total. The van der Waals surface area contributed by atoms with Crippen LogP contribution in [0, 0.1) is 24.7 Å². The summed E-state index contributed by atoms with van der Waals surface area (Å²) in [5.74, 6) is 3.15. The quantitative estimate of drug-likeness (QED) is 0.865. The van der Waals surface area contributed by atoms with E-state index in [2.05, 4.69) is 15.5 Å². The fourth-order valence-electron chi connectivity index (χ4n) is 6.76. The number of aryl methyl sites for hydroxylation is 1. The normalized spacial score (nSPS) is 35.1. The highest BCUT2D eigenvalue weighted by atomic mass is 16.5. The smallest absolute Gasteiger partial charge is 0.333 e. The summed E-state index contributed by atoms with van der Waals surface area (Å²) in [6.45, 7) is 2.90. The molecule has 8 nitrogen and oxygen atoms in total. The van der Waals surface area contributed by atoms with E-state index in [0.717, 1.165) is 42.6 Å². The second-order valence-corrected chi connectivity index (χ2v) is 9.42. The van der Waals surface area contributed by atoms with Crippen molar-refractivity contribution in [1.29, 1.82) is 0 Å². The van der Waals surface area contributed by atoms with Crippen molar-refractivity contribution < 1.29 is 14.1 Å². The number of fused-ring (bicyclic) bond motifs is 3. The van der Waals surface area contributed by atoms with E-state index in [-0.39, 0.29) is 24.0 Å². The van der Waals surface area contributed by atoms with E-state index in [9.17, 15) is 9.59 Å². The molecular formula is C20H25N5O3. The van der Waals surface area contributed by atoms with Gasteiger partial charge in [0.15, 0.2) is 0 Å². The predicted octanol–water partition coefficient (Wildman–Crippen LogP) is 2.07. The summed E-state index contributed by atoms with van der Waals surface area (Å²) in [7, 11) is 0. The molecule has 0 saturated heterocycles. The Morgan fingerprint density at radius 2 is 1.89 bits per heavy atom. The average Bonchev–Trinajstić information content (AvgIpc) is 3.23. The third-order valence-corrected chi connectivity index (χ3v) is 7.36. The number of aliphatic imine (C=N–C) groups is 1. The fraction of sp³-hybridized carbons (Fsp3) is 0.700. The van der Waals surface area contributed by atoms with E-state index in [0.29, 0.717) is 30.5 Å². The van der Waals surface area contributed by atoms with Crippen molar-refractivity contribution in [1.82, 2.24) is 15.4 Å². The highest BCUT2D eigenvalue weighted by molar-refractivity contribution is 6.20. The first-order chi connectivity index (χ1) is 13.5. The van der Waals surface area contributed by atoms with Gasteiger partial charge in [-0.2, -0.15) is 0 Å². The summed E-state index contributed by atoms with van der Waals surface area (Å²) in [4.78, 5) is 33.5. The van der Waals surface area contributed by atoms with Crippen LogP contribution in [0.2, 0.25) is 0 Å². The van der Waals surface area contributed by atoms with Crippen LogP contribution in [0.3, 0.4) is 0 Å². The Morgan fingerprint density at radius 1 is 1.21 bits per heavy atom. The number of urea groups is 1. The van der Waals surface area contributed by atoms with Crippen molar-refractivity contribution in [3.05, 3.63) is 11.3 Å². The summed E-state index contributed by atoms with van der Waals surface area (Å²) in [6.07, 6.45) is 7.27. The molecule has 0 atom stereocenters. The maximum Gasteiger partial charge on any atom is 0.333 e. The summed E-state index contributed by atoms with van der Waals surface area (Å²) in [5, 5.41) is 7.37. The Bertz CT molecular complexity index is 868. The lowest BCUT2D eigenvalue weighted by Gasteiger charge is -2.57. The summed E-state index contributed by atoms with van der Waals surface area (Å²) in [5.41, 5.74) is 1.37. The first-order valence-electron chi connectivity index (χ1n) is 10.4. The lowest BCUT2D eigenvalue weighted by Crippen LogP contribution is -2.62. The van der Waals surface area contributed by atoms with Crippen LogP contribution in [-0.4, -0.2) is 53.0 Å². The van der Waals surface area contributed by atoms with Crippen LogP contribution in [0.4, 0.5) is 10.7 Å². The zero-order valence-electron chi connectivity index (χ0n) is 16.1. The molecule has 4 aliphatic carbocycles. The Hall–Kier alpha value is -2.38. The minimum absolute atomic E-state index is 0.0357. The van der Waals surface area contributed by atoms with Crippen molar-refractivity contribution in [2.75, 3.05) is 24.5 Å². The van der Waals surface area contributed by atoms with Crippen molar-refractivity contribution in [3.63, 3.8) is 0 Å². The number of rotatable bonds is 3. The number of aromatic nitrogens is 1. The van der Waals surface area contributed by atoms with Crippen LogP contribution >= 0.6 is 0 Å². The van der Waals surface area contributed by atoms with E-state index in [1.54, 1.807) is 4.90 Å². The van der Waals surface area contributed by atoms with Gasteiger partial charge in [-0.15, -0.1) is 0 Å². The highest BCUT2D eigenvalue weighted by Crippen LogP contribution is 2.55. The molecule has 4 bridgehead atoms. The van der Waals surface area contributed by atoms with E-state index in [4.69, 9.17) is 4.52 Å². The maximum absolute atomic E-state index is 13.0. The van der Waals surface area contributed by atoms with Crippen LogP contribution in [0.1, 0.15) is 49.8 Å². The first-order valence-corrected chi connectivity index (χ1v) is 10.4. The van der Waals surface area contributed by atoms with Gasteiger partial charge in [0, 0.05) is 12.1 Å². The van der Waals surface area contributed by atoms with Gasteiger partial charge < -0.3 is 9.84 Å². The van der Waals surface area contributed by atoms with Gasteiger partial charge in [0.25, 0.3) is 0 Å². The third kappa shape index (κ3) is 2.29. The van der Waals surface area contributed by atoms with Crippen LogP contribution in [0.15, 0.2) is 9.52 Å². The van der Waals surface area contributed by atoms with Gasteiger partial charge in [0.05, 0.1) is 12.2 Å². The second kappa shape index (κ2) is 5.58. The molecule has 0 radical (unpaired) electrons. The van der Waals surface area contributed by atoms with Crippen LogP contribution < -0.4 is 10.2 Å². The van der Waals surface area contributed by atoms with Crippen molar-refractivity contribution in [2.24, 2.45) is 22.7 Å². The van der Waals surface area contributed by atoms with Gasteiger partial charge >= 0.3 is 6.03 Å². The molecule has 3 heterocycles. The molecule has 8 heteroatoms. The number of hydrogen-bond donors (Lipinski definition) is 1. The fourth-order valence-corrected chi connectivity index (χ4v) is 6.76. The number of nitrogens with one attached hydrogen (secondary N) is 1. The monoisotopic (exact) mass is 383 g/mol. The van der Waals surface area contributed by atoms with Gasteiger partial charge in [-0.1, -0.05) is 5.16 Å². The summed E-state index contributed by atoms with van der Waals surface area (Å²) < 4.78 is 5.44. The Kier molecular flexibility index (Phi) is 3.30. The Morgan fingerprint density at radius 3 is 2.57 bits per heavy atom. The van der Waals surface area contributed by atoms with Crippen LogP contribution in [0.25, 0.3) is 0 Å². The van der Waals surface area contributed by atoms with Crippen LogP contribution in [-0.2, 0) is 4.79 Å². The standard InChI is InChI=1S/C20H25N5O3/c1-11-16-17-21-2-3-24(17)19(27)25(18(16)28-23-11)10-15(26)22-20-7-12-4-13(8-20)6-14(5-12)9-20/h12-14H,2-10H2,1H3,(H,22,26). The molecule has 2 aliphatic heterocycles. The van der Waals surface area contributed by atoms with Crippen LogP contribution in [0.5, 0.6) is 0 Å². The molecule has 7 rings (SSSR count). The van der Waals surface area contributed by atoms with Gasteiger partial charge in [0.1, 0.15) is 17.9 Å². The number of nitrogens with zero attached hydrogens (tertiary/aromatic N) is 4. The molecule has 3 amide bonds. The molecule has 1 aromatic heterocycles. The first kappa shape index (κ1) is 16.6. The molecule has 4 saturated carbocycles. The van der Waals surface area contributed by atoms with E-state index < -0.39 is 0 Å². The Balaban J connectivity index is 1.25.